The normalized spacial score (nSPS) is 19.9. The van der Waals surface area contributed by atoms with E-state index in [0.29, 0.717) is 11.1 Å². The van der Waals surface area contributed by atoms with Gasteiger partial charge in [0.05, 0.1) is 0 Å². The summed E-state index contributed by atoms with van der Waals surface area (Å²) in [5, 5.41) is 0.805. The largest absolute Gasteiger partial charge is 0.335 e. The molecule has 1 fully saturated rings. The van der Waals surface area contributed by atoms with Crippen LogP contribution in [-0.2, 0) is 0 Å². The number of carbonyl (C=O) groups is 1. The van der Waals surface area contributed by atoms with Crippen molar-refractivity contribution in [3.63, 3.8) is 0 Å². The van der Waals surface area contributed by atoms with Gasteiger partial charge in [-0.1, -0.05) is 15.9 Å². The number of aryl methyl sites for hydroxylation is 1. The Labute approximate surface area is 115 Å². The van der Waals surface area contributed by atoms with Gasteiger partial charge in [-0.3, -0.25) is 4.79 Å². The number of rotatable bonds is 2. The fourth-order valence-electron chi connectivity index (χ4n) is 2.45. The lowest BCUT2D eigenvalue weighted by Gasteiger charge is -2.35. The van der Waals surface area contributed by atoms with Crippen molar-refractivity contribution in [3.05, 3.63) is 35.1 Å². The molecule has 18 heavy (non-hydrogen) atoms. The second-order valence-electron chi connectivity index (χ2n) is 4.76. The van der Waals surface area contributed by atoms with Gasteiger partial charge in [0.1, 0.15) is 5.82 Å². The molecule has 4 heteroatoms. The molecule has 1 aliphatic heterocycles. The zero-order valence-corrected chi connectivity index (χ0v) is 12.0. The third kappa shape index (κ3) is 2.74. The molecule has 0 saturated carbocycles. The molecule has 98 valence electrons. The van der Waals surface area contributed by atoms with Crippen LogP contribution in [-0.4, -0.2) is 28.7 Å². The van der Waals surface area contributed by atoms with Gasteiger partial charge in [0.15, 0.2) is 0 Å². The maximum atomic E-state index is 13.1. The molecule has 1 aromatic rings. The molecule has 0 aromatic heterocycles. The molecule has 1 atom stereocenters. The predicted molar refractivity (Wildman–Crippen MR) is 73.6 cm³/mol. The first kappa shape index (κ1) is 13.5. The third-order valence-corrected chi connectivity index (χ3v) is 4.23. The highest BCUT2D eigenvalue weighted by atomic mass is 79.9. The molecule has 2 nitrogen and oxygen atoms in total. The zero-order valence-electron chi connectivity index (χ0n) is 10.5. The maximum Gasteiger partial charge on any atom is 0.254 e. The smallest absolute Gasteiger partial charge is 0.254 e. The van der Waals surface area contributed by atoms with Gasteiger partial charge >= 0.3 is 0 Å². The molecule has 2 rings (SSSR count). The molecule has 0 spiro atoms. The van der Waals surface area contributed by atoms with Crippen LogP contribution in [0.5, 0.6) is 0 Å². The van der Waals surface area contributed by atoms with Crippen LogP contribution in [0.4, 0.5) is 4.39 Å². The molecule has 1 aliphatic rings. The van der Waals surface area contributed by atoms with E-state index in [-0.39, 0.29) is 17.8 Å². The van der Waals surface area contributed by atoms with Gasteiger partial charge in [0.2, 0.25) is 0 Å². The van der Waals surface area contributed by atoms with Crippen molar-refractivity contribution in [1.82, 2.24) is 4.90 Å². The van der Waals surface area contributed by atoms with E-state index in [4.69, 9.17) is 0 Å². The minimum Gasteiger partial charge on any atom is -0.335 e. The van der Waals surface area contributed by atoms with Gasteiger partial charge in [-0.25, -0.2) is 4.39 Å². The highest BCUT2D eigenvalue weighted by molar-refractivity contribution is 9.09. The molecular weight excluding hydrogens is 297 g/mol. The number of alkyl halides is 1. The molecular formula is C14H17BrFNO. The first-order chi connectivity index (χ1) is 8.63. The van der Waals surface area contributed by atoms with Crippen LogP contribution in [0.3, 0.4) is 0 Å². The summed E-state index contributed by atoms with van der Waals surface area (Å²) < 4.78 is 13.1. The average Bonchev–Trinajstić information content (AvgIpc) is 2.38. The second-order valence-corrected chi connectivity index (χ2v) is 5.41. The van der Waals surface area contributed by atoms with Crippen molar-refractivity contribution in [3.8, 4) is 0 Å². The van der Waals surface area contributed by atoms with Crippen LogP contribution in [0.2, 0.25) is 0 Å². The average molecular weight is 314 g/mol. The van der Waals surface area contributed by atoms with E-state index in [1.165, 1.54) is 18.6 Å². The van der Waals surface area contributed by atoms with Crippen LogP contribution in [0, 0.1) is 12.7 Å². The standard InChI is InChI=1S/C14H17BrFNO/c1-10-8-11(16)5-6-13(10)14(18)17-7-3-2-4-12(17)9-15/h5-6,8,12H,2-4,7,9H2,1H3. The Morgan fingerprint density at radius 2 is 2.28 bits per heavy atom. The van der Waals surface area contributed by atoms with Crippen LogP contribution in [0.25, 0.3) is 0 Å². The minimum atomic E-state index is -0.292. The summed E-state index contributed by atoms with van der Waals surface area (Å²) in [5.41, 5.74) is 1.32. The molecule has 0 bridgehead atoms. The van der Waals surface area contributed by atoms with Crippen molar-refractivity contribution >= 4 is 21.8 Å². The van der Waals surface area contributed by atoms with Crippen molar-refractivity contribution in [2.75, 3.05) is 11.9 Å². The van der Waals surface area contributed by atoms with Gasteiger partial charge in [0, 0.05) is 23.5 Å². The highest BCUT2D eigenvalue weighted by Gasteiger charge is 2.27. The molecule has 1 heterocycles. The minimum absolute atomic E-state index is 0.0247. The predicted octanol–water partition coefficient (Wildman–Crippen LogP) is 3.52. The Kier molecular flexibility index (Phi) is 4.38. The van der Waals surface area contributed by atoms with Crippen molar-refractivity contribution in [2.45, 2.75) is 32.2 Å². The van der Waals surface area contributed by atoms with E-state index in [1.807, 2.05) is 4.90 Å². The summed E-state index contributed by atoms with van der Waals surface area (Å²) in [7, 11) is 0. The van der Waals surface area contributed by atoms with Gasteiger partial charge < -0.3 is 4.90 Å². The molecule has 1 amide bonds. The molecule has 1 saturated heterocycles. The van der Waals surface area contributed by atoms with E-state index >= 15 is 0 Å². The first-order valence-electron chi connectivity index (χ1n) is 6.26. The van der Waals surface area contributed by atoms with Crippen molar-refractivity contribution < 1.29 is 9.18 Å². The van der Waals surface area contributed by atoms with E-state index in [1.54, 1.807) is 13.0 Å². The number of nitrogens with zero attached hydrogens (tertiary/aromatic N) is 1. The van der Waals surface area contributed by atoms with Crippen LogP contribution >= 0.6 is 15.9 Å². The summed E-state index contributed by atoms with van der Waals surface area (Å²) >= 11 is 3.47. The Hall–Kier alpha value is -0.900. The van der Waals surface area contributed by atoms with Crippen LogP contribution in [0.15, 0.2) is 18.2 Å². The third-order valence-electron chi connectivity index (χ3n) is 3.48. The number of amides is 1. The van der Waals surface area contributed by atoms with E-state index < -0.39 is 0 Å². The summed E-state index contributed by atoms with van der Waals surface area (Å²) in [6.07, 6.45) is 3.26. The lowest BCUT2D eigenvalue weighted by atomic mass is 10.0. The number of carbonyl (C=O) groups excluding carboxylic acids is 1. The van der Waals surface area contributed by atoms with E-state index in [0.717, 1.165) is 24.7 Å². The number of hydrogen-bond donors (Lipinski definition) is 0. The maximum absolute atomic E-state index is 13.1. The fraction of sp³-hybridized carbons (Fsp3) is 0.500. The monoisotopic (exact) mass is 313 g/mol. The van der Waals surface area contributed by atoms with Crippen LogP contribution < -0.4 is 0 Å². The van der Waals surface area contributed by atoms with Gasteiger partial charge in [0.25, 0.3) is 5.91 Å². The Morgan fingerprint density at radius 3 is 2.94 bits per heavy atom. The number of piperidine rings is 1. The topological polar surface area (TPSA) is 20.3 Å². The van der Waals surface area contributed by atoms with Gasteiger partial charge in [-0.2, -0.15) is 0 Å². The Balaban J connectivity index is 2.24. The number of halogens is 2. The number of benzene rings is 1. The zero-order chi connectivity index (χ0) is 13.1. The lowest BCUT2D eigenvalue weighted by Crippen LogP contribution is -2.44. The Morgan fingerprint density at radius 1 is 1.50 bits per heavy atom. The first-order valence-corrected chi connectivity index (χ1v) is 7.38. The number of hydrogen-bond acceptors (Lipinski definition) is 1. The molecule has 0 radical (unpaired) electrons. The molecule has 1 aromatic carbocycles. The molecule has 0 aliphatic carbocycles. The second kappa shape index (κ2) is 5.83. The van der Waals surface area contributed by atoms with Crippen LogP contribution in [0.1, 0.15) is 35.2 Å². The quantitative estimate of drug-likeness (QED) is 0.765. The molecule has 1 unspecified atom stereocenters. The van der Waals surface area contributed by atoms with E-state index in [2.05, 4.69) is 15.9 Å². The summed E-state index contributed by atoms with van der Waals surface area (Å²) in [6, 6.07) is 4.62. The summed E-state index contributed by atoms with van der Waals surface area (Å²) in [6.45, 7) is 2.58. The SMILES string of the molecule is Cc1cc(F)ccc1C(=O)N1CCCCC1CBr. The number of likely N-dealkylation sites (tertiary alicyclic amines) is 1. The highest BCUT2D eigenvalue weighted by Crippen LogP contribution is 2.22. The van der Waals surface area contributed by atoms with Gasteiger partial charge in [-0.15, -0.1) is 0 Å². The summed E-state index contributed by atoms with van der Waals surface area (Å²) in [4.78, 5) is 14.4. The Bertz CT molecular complexity index is 449. The van der Waals surface area contributed by atoms with Gasteiger partial charge in [-0.05, 0) is 49.9 Å². The van der Waals surface area contributed by atoms with Crippen molar-refractivity contribution in [1.29, 1.82) is 0 Å². The lowest BCUT2D eigenvalue weighted by molar-refractivity contribution is 0.0641. The molecule has 0 N–H and O–H groups in total. The van der Waals surface area contributed by atoms with Crippen molar-refractivity contribution in [2.24, 2.45) is 0 Å². The van der Waals surface area contributed by atoms with E-state index in [9.17, 15) is 9.18 Å². The fourth-order valence-corrected chi connectivity index (χ4v) is 3.12. The summed E-state index contributed by atoms with van der Waals surface area (Å²) in [5.74, 6) is -0.267.